The zero-order valence-electron chi connectivity index (χ0n) is 12.2. The Hall–Kier alpha value is -1.79. The van der Waals surface area contributed by atoms with Crippen LogP contribution in [0.25, 0.3) is 11.4 Å². The fourth-order valence-electron chi connectivity index (χ4n) is 3.06. The zero-order valence-corrected chi connectivity index (χ0v) is 12.2. The smallest absolute Gasteiger partial charge is 0.244 e. The molecule has 1 saturated carbocycles. The van der Waals surface area contributed by atoms with Crippen molar-refractivity contribution in [1.29, 1.82) is 0 Å². The number of nitrogens with zero attached hydrogens (tertiary/aromatic N) is 3. The number of hydrogen-bond acceptors (Lipinski definition) is 5. The van der Waals surface area contributed by atoms with Crippen molar-refractivity contribution in [2.75, 3.05) is 13.1 Å². The molecule has 2 atom stereocenters. The molecule has 1 aliphatic carbocycles. The highest BCUT2D eigenvalue weighted by molar-refractivity contribution is 5.53. The first kappa shape index (κ1) is 13.8. The lowest BCUT2D eigenvalue weighted by molar-refractivity contribution is 0.170. The molecule has 0 bridgehead atoms. The second-order valence-corrected chi connectivity index (χ2v) is 6.27. The number of aliphatic hydroxyl groups excluding tert-OH is 1. The second kappa shape index (κ2) is 5.44. The molecule has 4 rings (SSSR count). The van der Waals surface area contributed by atoms with Crippen LogP contribution in [0.5, 0.6) is 0 Å². The van der Waals surface area contributed by atoms with Crippen LogP contribution in [0.4, 0.5) is 4.39 Å². The summed E-state index contributed by atoms with van der Waals surface area (Å²) in [6.07, 6.45) is 2.82. The number of β-amino-alcohol motifs (C(OH)–C–C–N with tert-alkyl or cyclic N) is 1. The van der Waals surface area contributed by atoms with Crippen LogP contribution in [0.15, 0.2) is 28.8 Å². The number of hydrogen-bond donors (Lipinski definition) is 1. The predicted octanol–water partition coefficient (Wildman–Crippen LogP) is 2.39. The molecule has 1 aliphatic heterocycles. The Morgan fingerprint density at radius 3 is 2.77 bits per heavy atom. The summed E-state index contributed by atoms with van der Waals surface area (Å²) in [5.74, 6) is 1.45. The minimum Gasteiger partial charge on any atom is -0.392 e. The Balaban J connectivity index is 1.55. The third-order valence-electron chi connectivity index (χ3n) is 4.40. The number of likely N-dealkylation sites (tertiary alicyclic amines) is 1. The topological polar surface area (TPSA) is 62.4 Å². The van der Waals surface area contributed by atoms with Crippen molar-refractivity contribution in [3.05, 3.63) is 36.0 Å². The van der Waals surface area contributed by atoms with Crippen LogP contribution < -0.4 is 0 Å². The molecule has 2 aromatic rings. The first-order valence-electron chi connectivity index (χ1n) is 7.70. The summed E-state index contributed by atoms with van der Waals surface area (Å²) in [6.45, 7) is 1.64. The second-order valence-electron chi connectivity index (χ2n) is 6.27. The van der Waals surface area contributed by atoms with Gasteiger partial charge >= 0.3 is 0 Å². The van der Waals surface area contributed by atoms with Gasteiger partial charge in [-0.3, -0.25) is 4.90 Å². The van der Waals surface area contributed by atoms with Crippen molar-refractivity contribution >= 4 is 0 Å². The monoisotopic (exact) mass is 303 g/mol. The molecular formula is C16H18FN3O2. The quantitative estimate of drug-likeness (QED) is 0.939. The lowest BCUT2D eigenvalue weighted by atomic mass is 10.2. The van der Waals surface area contributed by atoms with Gasteiger partial charge in [0.1, 0.15) is 5.82 Å². The first-order valence-corrected chi connectivity index (χ1v) is 7.70. The average Bonchev–Trinajstić information content (AvgIpc) is 3.05. The maximum atomic E-state index is 13.0. The molecule has 1 N–H and O–H groups in total. The van der Waals surface area contributed by atoms with Crippen molar-refractivity contribution in [2.24, 2.45) is 5.92 Å². The van der Waals surface area contributed by atoms with Gasteiger partial charge in [0.05, 0.1) is 12.1 Å². The molecule has 0 amide bonds. The summed E-state index contributed by atoms with van der Waals surface area (Å²) >= 11 is 0. The Kier molecular flexibility index (Phi) is 3.43. The molecule has 6 heteroatoms. The highest BCUT2D eigenvalue weighted by Crippen LogP contribution is 2.37. The van der Waals surface area contributed by atoms with E-state index < -0.39 is 0 Å². The van der Waals surface area contributed by atoms with Gasteiger partial charge in [0.25, 0.3) is 0 Å². The summed E-state index contributed by atoms with van der Waals surface area (Å²) in [4.78, 5) is 6.69. The van der Waals surface area contributed by atoms with Gasteiger partial charge < -0.3 is 9.63 Å². The van der Waals surface area contributed by atoms with E-state index in [0.717, 1.165) is 18.0 Å². The summed E-state index contributed by atoms with van der Waals surface area (Å²) in [6, 6.07) is 6.01. The number of rotatable bonds is 4. The van der Waals surface area contributed by atoms with Gasteiger partial charge in [-0.15, -0.1) is 0 Å². The third kappa shape index (κ3) is 2.76. The number of aliphatic hydroxyl groups is 1. The number of halogens is 1. The van der Waals surface area contributed by atoms with E-state index in [4.69, 9.17) is 4.52 Å². The van der Waals surface area contributed by atoms with Gasteiger partial charge in [-0.2, -0.15) is 4.98 Å². The fraction of sp³-hybridized carbons (Fsp3) is 0.500. The third-order valence-corrected chi connectivity index (χ3v) is 4.40. The highest BCUT2D eigenvalue weighted by Gasteiger charge is 2.38. The molecule has 0 spiro atoms. The first-order chi connectivity index (χ1) is 10.7. The van der Waals surface area contributed by atoms with Crippen molar-refractivity contribution in [2.45, 2.75) is 31.4 Å². The Bertz CT molecular complexity index is 654. The molecule has 116 valence electrons. The normalized spacial score (nSPS) is 25.7. The number of benzene rings is 1. The van der Waals surface area contributed by atoms with E-state index in [2.05, 4.69) is 15.0 Å². The molecule has 1 aromatic carbocycles. The van der Waals surface area contributed by atoms with Crippen molar-refractivity contribution in [3.8, 4) is 11.4 Å². The van der Waals surface area contributed by atoms with Crippen LogP contribution in [-0.4, -0.2) is 39.3 Å². The van der Waals surface area contributed by atoms with Crippen molar-refractivity contribution < 1.29 is 14.0 Å². The SMILES string of the molecule is O[C@@H]1C[C@@H](c2nc(-c3ccc(F)cc3)no2)N(CC2CC2)C1. The maximum absolute atomic E-state index is 13.0. The minimum absolute atomic E-state index is 0.0164. The maximum Gasteiger partial charge on any atom is 0.244 e. The van der Waals surface area contributed by atoms with E-state index in [9.17, 15) is 9.50 Å². The molecular weight excluding hydrogens is 285 g/mol. The summed E-state index contributed by atoms with van der Waals surface area (Å²) in [5.41, 5.74) is 0.726. The van der Waals surface area contributed by atoms with Crippen LogP contribution >= 0.6 is 0 Å². The van der Waals surface area contributed by atoms with Crippen LogP contribution in [0.2, 0.25) is 0 Å². The van der Waals surface area contributed by atoms with Crippen LogP contribution in [-0.2, 0) is 0 Å². The van der Waals surface area contributed by atoms with Gasteiger partial charge in [-0.25, -0.2) is 4.39 Å². The highest BCUT2D eigenvalue weighted by atomic mass is 19.1. The van der Waals surface area contributed by atoms with Crippen molar-refractivity contribution in [3.63, 3.8) is 0 Å². The van der Waals surface area contributed by atoms with Gasteiger partial charge in [0, 0.05) is 18.7 Å². The van der Waals surface area contributed by atoms with E-state index >= 15 is 0 Å². The molecule has 1 saturated heterocycles. The Morgan fingerprint density at radius 1 is 1.27 bits per heavy atom. The standard InChI is InChI=1S/C16H18FN3O2/c17-12-5-3-11(4-6-12)15-18-16(22-19-15)14-7-13(21)9-20(14)8-10-1-2-10/h3-6,10,13-14,21H,1-2,7-9H2/t13-,14+/m1/s1. The van der Waals surface area contributed by atoms with E-state index in [1.165, 1.54) is 25.0 Å². The zero-order chi connectivity index (χ0) is 15.1. The van der Waals surface area contributed by atoms with E-state index in [0.29, 0.717) is 24.7 Å². The lowest BCUT2D eigenvalue weighted by Gasteiger charge is -2.20. The van der Waals surface area contributed by atoms with Crippen LogP contribution in [0.1, 0.15) is 31.2 Å². The summed E-state index contributed by atoms with van der Waals surface area (Å²) < 4.78 is 18.4. The molecule has 0 unspecified atom stereocenters. The predicted molar refractivity (Wildman–Crippen MR) is 77.4 cm³/mol. The molecule has 2 aliphatic rings. The average molecular weight is 303 g/mol. The molecule has 2 heterocycles. The molecule has 5 nitrogen and oxygen atoms in total. The summed E-state index contributed by atoms with van der Waals surface area (Å²) in [7, 11) is 0. The van der Waals surface area contributed by atoms with Crippen molar-refractivity contribution in [1.82, 2.24) is 15.0 Å². The van der Waals surface area contributed by atoms with Gasteiger partial charge in [-0.05, 0) is 49.4 Å². The van der Waals surface area contributed by atoms with E-state index in [-0.39, 0.29) is 18.0 Å². The molecule has 22 heavy (non-hydrogen) atoms. The molecule has 1 aromatic heterocycles. The largest absolute Gasteiger partial charge is 0.392 e. The van der Waals surface area contributed by atoms with Crippen LogP contribution in [0, 0.1) is 11.7 Å². The Morgan fingerprint density at radius 2 is 2.05 bits per heavy atom. The van der Waals surface area contributed by atoms with Gasteiger partial charge in [0.2, 0.25) is 11.7 Å². The molecule has 0 radical (unpaired) electrons. The summed E-state index contributed by atoms with van der Waals surface area (Å²) in [5, 5.41) is 13.9. The fourth-order valence-corrected chi connectivity index (χ4v) is 3.06. The molecule has 2 fully saturated rings. The van der Waals surface area contributed by atoms with Gasteiger partial charge in [0.15, 0.2) is 0 Å². The van der Waals surface area contributed by atoms with Crippen LogP contribution in [0.3, 0.4) is 0 Å². The van der Waals surface area contributed by atoms with Gasteiger partial charge in [-0.1, -0.05) is 5.16 Å². The lowest BCUT2D eigenvalue weighted by Crippen LogP contribution is -2.27. The van der Waals surface area contributed by atoms with E-state index in [1.54, 1.807) is 12.1 Å². The minimum atomic E-state index is -0.343. The Labute approximate surface area is 127 Å². The number of aromatic nitrogens is 2. The van der Waals surface area contributed by atoms with E-state index in [1.807, 2.05) is 0 Å².